The zero-order chi connectivity index (χ0) is 25.3. The van der Waals surface area contributed by atoms with Crippen LogP contribution in [0.1, 0.15) is 42.5 Å². The Bertz CT molecular complexity index is 1230. The van der Waals surface area contributed by atoms with Crippen LogP contribution in [0.25, 0.3) is 0 Å². The fourth-order valence-corrected chi connectivity index (χ4v) is 5.67. The Morgan fingerprint density at radius 1 is 1.14 bits per heavy atom. The van der Waals surface area contributed by atoms with Crippen LogP contribution in [0.5, 0.6) is 0 Å². The number of nitrogens with zero attached hydrogens (tertiary/aromatic N) is 2. The summed E-state index contributed by atoms with van der Waals surface area (Å²) in [4.78, 5) is 18.3. The summed E-state index contributed by atoms with van der Waals surface area (Å²) < 4.78 is 63.1. The molecule has 186 valence electrons. The van der Waals surface area contributed by atoms with E-state index in [9.17, 15) is 22.4 Å². The Morgan fingerprint density at radius 2 is 1.80 bits per heavy atom. The molecular formula is C25H22Cl2F4N2O2. The van der Waals surface area contributed by atoms with Crippen LogP contribution in [0.15, 0.2) is 35.3 Å². The molecule has 5 rings (SSSR count). The molecule has 0 bridgehead atoms. The van der Waals surface area contributed by atoms with Crippen LogP contribution >= 0.6 is 23.2 Å². The summed E-state index contributed by atoms with van der Waals surface area (Å²) in [7, 11) is 0. The number of carbonyl (C=O) groups is 1. The van der Waals surface area contributed by atoms with Gasteiger partial charge in [0.2, 0.25) is 5.91 Å². The molecule has 3 heterocycles. The van der Waals surface area contributed by atoms with Crippen LogP contribution in [0.3, 0.4) is 0 Å². The van der Waals surface area contributed by atoms with E-state index in [4.69, 9.17) is 27.9 Å². The van der Waals surface area contributed by atoms with Crippen molar-refractivity contribution in [3.63, 3.8) is 0 Å². The predicted octanol–water partition coefficient (Wildman–Crippen LogP) is 6.05. The summed E-state index contributed by atoms with van der Waals surface area (Å²) in [5.74, 6) is -0.990. The van der Waals surface area contributed by atoms with Gasteiger partial charge in [-0.15, -0.1) is 0 Å². The average Bonchev–Trinajstić information content (AvgIpc) is 3.38. The molecule has 35 heavy (non-hydrogen) atoms. The molecule has 0 N–H and O–H groups in total. The largest absolute Gasteiger partial charge is 0.400 e. The second-order valence-electron chi connectivity index (χ2n) is 9.78. The summed E-state index contributed by atoms with van der Waals surface area (Å²) in [6.45, 7) is 4.38. The van der Waals surface area contributed by atoms with E-state index in [-0.39, 0.29) is 17.4 Å². The molecule has 0 aromatic heterocycles. The SMILES string of the molecule is CC(C)C(=O)N1CC2(C1)OCc1cc(C3=NCC(c4cc(Cl)c(F)c(Cl)c4)(C(F)(F)F)C3)ccc12. The molecule has 4 nitrogen and oxygen atoms in total. The molecule has 1 saturated heterocycles. The Morgan fingerprint density at radius 3 is 2.40 bits per heavy atom. The van der Waals surface area contributed by atoms with Crippen LogP contribution in [0.4, 0.5) is 17.6 Å². The van der Waals surface area contributed by atoms with E-state index in [0.717, 1.165) is 23.3 Å². The highest BCUT2D eigenvalue weighted by molar-refractivity contribution is 6.35. The number of amides is 1. The molecular weight excluding hydrogens is 507 g/mol. The standard InChI is InChI=1S/C25H22Cl2F4N2O2/c1-13(2)22(34)33-11-24(12-33)17-4-3-14(5-15(17)9-35-24)20-8-23(10-32-20,25(29,30)31)16-6-18(26)21(28)19(27)7-16/h3-7,13H,8-12H2,1-2H3. The summed E-state index contributed by atoms with van der Waals surface area (Å²) in [5, 5.41) is -0.926. The maximum absolute atomic E-state index is 14.4. The fraction of sp³-hybridized carbons (Fsp3) is 0.440. The van der Waals surface area contributed by atoms with Crippen molar-refractivity contribution in [2.75, 3.05) is 19.6 Å². The number of hydrogen-bond donors (Lipinski definition) is 0. The first kappa shape index (κ1) is 24.5. The molecule has 1 unspecified atom stereocenters. The molecule has 1 spiro atoms. The fourth-order valence-electron chi connectivity index (χ4n) is 5.18. The van der Waals surface area contributed by atoms with Crippen LogP contribution < -0.4 is 0 Å². The molecule has 2 aromatic carbocycles. The van der Waals surface area contributed by atoms with E-state index in [2.05, 4.69) is 4.99 Å². The van der Waals surface area contributed by atoms with Gasteiger partial charge in [-0.05, 0) is 40.5 Å². The molecule has 2 aromatic rings. The Balaban J connectivity index is 1.42. The van der Waals surface area contributed by atoms with Crippen molar-refractivity contribution in [3.05, 3.63) is 68.4 Å². The first-order valence-corrected chi connectivity index (χ1v) is 11.9. The number of rotatable bonds is 3. The number of likely N-dealkylation sites (tertiary alicyclic amines) is 1. The van der Waals surface area contributed by atoms with Crippen molar-refractivity contribution >= 4 is 34.8 Å². The Hall–Kier alpha value is -2.16. The second-order valence-corrected chi connectivity index (χ2v) is 10.6. The molecule has 3 aliphatic rings. The summed E-state index contributed by atoms with van der Waals surface area (Å²) >= 11 is 11.6. The van der Waals surface area contributed by atoms with Crippen LogP contribution in [-0.2, 0) is 27.2 Å². The topological polar surface area (TPSA) is 41.9 Å². The van der Waals surface area contributed by atoms with Crippen molar-refractivity contribution in [2.45, 2.75) is 44.1 Å². The summed E-state index contributed by atoms with van der Waals surface area (Å²) in [6.07, 6.45) is -5.08. The zero-order valence-corrected chi connectivity index (χ0v) is 20.5. The third-order valence-corrected chi connectivity index (χ3v) is 7.77. The van der Waals surface area contributed by atoms with Crippen LogP contribution in [0, 0.1) is 11.7 Å². The van der Waals surface area contributed by atoms with Gasteiger partial charge in [-0.3, -0.25) is 9.79 Å². The van der Waals surface area contributed by atoms with Gasteiger partial charge in [-0.1, -0.05) is 49.2 Å². The van der Waals surface area contributed by atoms with Gasteiger partial charge in [0, 0.05) is 18.1 Å². The van der Waals surface area contributed by atoms with Gasteiger partial charge in [0.25, 0.3) is 0 Å². The third kappa shape index (κ3) is 3.76. The van der Waals surface area contributed by atoms with E-state index < -0.39 is 46.0 Å². The number of hydrogen-bond acceptors (Lipinski definition) is 3. The lowest BCUT2D eigenvalue weighted by atomic mass is 9.76. The molecule has 0 saturated carbocycles. The van der Waals surface area contributed by atoms with Crippen LogP contribution in [-0.4, -0.2) is 42.3 Å². The molecule has 1 amide bonds. The van der Waals surface area contributed by atoms with Gasteiger partial charge >= 0.3 is 6.18 Å². The van der Waals surface area contributed by atoms with Gasteiger partial charge in [-0.25, -0.2) is 4.39 Å². The summed E-state index contributed by atoms with van der Waals surface area (Å²) in [5.41, 5.74) is -0.435. The Labute approximate surface area is 209 Å². The van der Waals surface area contributed by atoms with E-state index in [1.807, 2.05) is 26.0 Å². The lowest BCUT2D eigenvalue weighted by molar-refractivity contribution is -0.183. The number of alkyl halides is 3. The minimum Gasteiger partial charge on any atom is -0.362 e. The lowest BCUT2D eigenvalue weighted by Gasteiger charge is -2.48. The third-order valence-electron chi connectivity index (χ3n) is 7.22. The monoisotopic (exact) mass is 528 g/mol. The number of benzene rings is 2. The quantitative estimate of drug-likeness (QED) is 0.359. The highest BCUT2D eigenvalue weighted by Gasteiger charge is 2.59. The highest BCUT2D eigenvalue weighted by Crippen LogP contribution is 2.50. The van der Waals surface area contributed by atoms with Crippen molar-refractivity contribution in [2.24, 2.45) is 10.9 Å². The van der Waals surface area contributed by atoms with Crippen molar-refractivity contribution in [1.29, 1.82) is 0 Å². The van der Waals surface area contributed by atoms with E-state index >= 15 is 0 Å². The van der Waals surface area contributed by atoms with Gasteiger partial charge in [0.05, 0.1) is 36.3 Å². The molecule has 1 fully saturated rings. The number of ether oxygens (including phenoxy) is 1. The normalized spacial score (nSPS) is 23.0. The number of aliphatic imine (C=N–C) groups is 1. The van der Waals surface area contributed by atoms with E-state index in [1.165, 1.54) is 0 Å². The first-order chi connectivity index (χ1) is 16.4. The van der Waals surface area contributed by atoms with Crippen molar-refractivity contribution < 1.29 is 27.1 Å². The second kappa shape index (κ2) is 8.18. The zero-order valence-electron chi connectivity index (χ0n) is 19.0. The van der Waals surface area contributed by atoms with Crippen LogP contribution in [0.2, 0.25) is 10.0 Å². The average molecular weight is 529 g/mol. The van der Waals surface area contributed by atoms with E-state index in [0.29, 0.717) is 31.0 Å². The molecule has 1 atom stereocenters. The maximum Gasteiger partial charge on any atom is 0.400 e. The predicted molar refractivity (Wildman–Crippen MR) is 125 cm³/mol. The molecule has 0 aliphatic carbocycles. The van der Waals surface area contributed by atoms with Crippen molar-refractivity contribution in [3.8, 4) is 0 Å². The lowest BCUT2D eigenvalue weighted by Crippen LogP contribution is -2.61. The maximum atomic E-state index is 14.4. The minimum absolute atomic E-state index is 0.0640. The molecule has 10 heteroatoms. The number of carbonyl (C=O) groups excluding carboxylic acids is 1. The van der Waals surface area contributed by atoms with Gasteiger partial charge in [-0.2, -0.15) is 13.2 Å². The highest BCUT2D eigenvalue weighted by atomic mass is 35.5. The van der Waals surface area contributed by atoms with Gasteiger partial charge in [0.1, 0.15) is 11.0 Å². The smallest absolute Gasteiger partial charge is 0.362 e. The van der Waals surface area contributed by atoms with Crippen molar-refractivity contribution in [1.82, 2.24) is 4.90 Å². The van der Waals surface area contributed by atoms with E-state index in [1.54, 1.807) is 11.0 Å². The Kier molecular flexibility index (Phi) is 5.73. The molecule has 3 aliphatic heterocycles. The number of halogens is 6. The summed E-state index contributed by atoms with van der Waals surface area (Å²) in [6, 6.07) is 7.38. The van der Waals surface area contributed by atoms with Gasteiger partial charge < -0.3 is 9.64 Å². The minimum atomic E-state index is -4.66. The van der Waals surface area contributed by atoms with Gasteiger partial charge in [0.15, 0.2) is 5.82 Å². The molecule has 0 radical (unpaired) electrons. The first-order valence-electron chi connectivity index (χ1n) is 11.2. The number of fused-ring (bicyclic) bond motifs is 2.